The van der Waals surface area contributed by atoms with Crippen molar-refractivity contribution in [1.82, 2.24) is 0 Å². The van der Waals surface area contributed by atoms with Crippen LogP contribution < -0.4 is 5.63 Å². The van der Waals surface area contributed by atoms with Crippen LogP contribution in [0, 0.1) is 6.01 Å². The first kappa shape index (κ1) is 5.03. The highest BCUT2D eigenvalue weighted by molar-refractivity contribution is 4.87. The van der Waals surface area contributed by atoms with Gasteiger partial charge in [0.15, 0.2) is 0 Å². The summed E-state index contributed by atoms with van der Waals surface area (Å²) in [7, 11) is 0. The zero-order valence-electron chi connectivity index (χ0n) is 3.93. The first-order valence-electron chi connectivity index (χ1n) is 2.05. The third-order valence-corrected chi connectivity index (χ3v) is 0.658. The van der Waals surface area contributed by atoms with Gasteiger partial charge in [0.05, 0.1) is 0 Å². The Hall–Kier alpha value is -1.12. The minimum absolute atomic E-state index is 0.662. The zero-order valence-corrected chi connectivity index (χ0v) is 3.93. The van der Waals surface area contributed by atoms with Crippen molar-refractivity contribution >= 4 is 0 Å². The Morgan fingerprint density at radius 1 is 1.50 bits per heavy atom. The second kappa shape index (κ2) is 1.78. The van der Waals surface area contributed by atoms with Gasteiger partial charge in [0.1, 0.15) is 0 Å². The topological polar surface area (TPSA) is 30.2 Å². The van der Waals surface area contributed by atoms with Gasteiger partial charge in [-0.15, -0.1) is 0 Å². The van der Waals surface area contributed by atoms with Crippen molar-refractivity contribution in [1.29, 1.82) is 0 Å². The Bertz CT molecular complexity index is 228. The molecular weight excluding hydrogens is 111 g/mol. The van der Waals surface area contributed by atoms with Gasteiger partial charge in [-0.05, 0) is 6.07 Å². The lowest BCUT2D eigenvalue weighted by atomic mass is 10.5. The molecule has 0 amide bonds. The van der Waals surface area contributed by atoms with Crippen molar-refractivity contribution < 1.29 is 8.81 Å². The highest BCUT2D eigenvalue weighted by Crippen LogP contribution is 1.86. The Morgan fingerprint density at radius 3 is 2.62 bits per heavy atom. The van der Waals surface area contributed by atoms with Gasteiger partial charge in [0, 0.05) is 12.1 Å². The standard InChI is InChI=1S/C5H3FO2/c6-4-2-1-3-5(7)8-4/h1-3H. The van der Waals surface area contributed by atoms with Crippen LogP contribution in [-0.4, -0.2) is 0 Å². The molecule has 0 atom stereocenters. The van der Waals surface area contributed by atoms with Gasteiger partial charge < -0.3 is 4.42 Å². The second-order valence-electron chi connectivity index (χ2n) is 1.25. The molecule has 0 saturated carbocycles. The normalized spacial score (nSPS) is 9.12. The third kappa shape index (κ3) is 0.932. The van der Waals surface area contributed by atoms with Crippen molar-refractivity contribution in [2.45, 2.75) is 0 Å². The molecule has 0 fully saturated rings. The van der Waals surface area contributed by atoms with Crippen LogP contribution in [0.25, 0.3) is 0 Å². The number of rotatable bonds is 0. The molecule has 0 N–H and O–H groups in total. The van der Waals surface area contributed by atoms with E-state index in [9.17, 15) is 9.18 Å². The molecule has 0 aliphatic heterocycles. The average Bonchev–Trinajstić information content (AvgIpc) is 1.64. The molecule has 1 aromatic rings. The molecule has 3 heteroatoms. The van der Waals surface area contributed by atoms with E-state index in [-0.39, 0.29) is 0 Å². The van der Waals surface area contributed by atoms with E-state index >= 15 is 0 Å². The fourth-order valence-electron chi connectivity index (χ4n) is 0.366. The summed E-state index contributed by atoms with van der Waals surface area (Å²) in [5, 5.41) is 0. The minimum Gasteiger partial charge on any atom is -0.395 e. The Kier molecular flexibility index (Phi) is 1.12. The first-order valence-corrected chi connectivity index (χ1v) is 2.05. The lowest BCUT2D eigenvalue weighted by Gasteiger charge is -1.79. The predicted octanol–water partition coefficient (Wildman–Crippen LogP) is 0.779. The van der Waals surface area contributed by atoms with Crippen molar-refractivity contribution in [3.8, 4) is 0 Å². The van der Waals surface area contributed by atoms with Gasteiger partial charge >= 0.3 is 5.63 Å². The molecule has 1 heterocycles. The second-order valence-corrected chi connectivity index (χ2v) is 1.25. The monoisotopic (exact) mass is 114 g/mol. The van der Waals surface area contributed by atoms with E-state index in [1.807, 2.05) is 0 Å². The van der Waals surface area contributed by atoms with Crippen LogP contribution in [0.5, 0.6) is 0 Å². The van der Waals surface area contributed by atoms with Crippen LogP contribution in [-0.2, 0) is 0 Å². The van der Waals surface area contributed by atoms with Crippen LogP contribution >= 0.6 is 0 Å². The van der Waals surface area contributed by atoms with E-state index in [4.69, 9.17) is 0 Å². The summed E-state index contributed by atoms with van der Waals surface area (Å²) in [6, 6.07) is 2.66. The summed E-state index contributed by atoms with van der Waals surface area (Å²) in [5.41, 5.74) is -0.662. The molecule has 0 aliphatic carbocycles. The quantitative estimate of drug-likeness (QED) is 0.498. The summed E-state index contributed by atoms with van der Waals surface area (Å²) in [5.74, 6) is 0. The van der Waals surface area contributed by atoms with E-state index in [1.165, 1.54) is 6.07 Å². The molecule has 0 aliphatic rings. The molecule has 0 radical (unpaired) electrons. The maximum Gasteiger partial charge on any atom is 0.338 e. The number of hydrogen-bond acceptors (Lipinski definition) is 2. The summed E-state index contributed by atoms with van der Waals surface area (Å²) >= 11 is 0. The highest BCUT2D eigenvalue weighted by Gasteiger charge is 1.86. The van der Waals surface area contributed by atoms with Gasteiger partial charge in [-0.2, -0.15) is 4.39 Å². The van der Waals surface area contributed by atoms with Crippen molar-refractivity contribution in [3.63, 3.8) is 0 Å². The van der Waals surface area contributed by atoms with E-state index in [2.05, 4.69) is 4.42 Å². The van der Waals surface area contributed by atoms with Gasteiger partial charge in [-0.1, -0.05) is 0 Å². The summed E-state index contributed by atoms with van der Waals surface area (Å²) in [6.45, 7) is 0. The van der Waals surface area contributed by atoms with Crippen molar-refractivity contribution in [2.75, 3.05) is 0 Å². The van der Waals surface area contributed by atoms with Crippen molar-refractivity contribution in [2.24, 2.45) is 0 Å². The zero-order chi connectivity index (χ0) is 5.98. The van der Waals surface area contributed by atoms with Crippen LogP contribution in [0.4, 0.5) is 4.39 Å². The van der Waals surface area contributed by atoms with Crippen LogP contribution in [0.1, 0.15) is 0 Å². The molecule has 0 aromatic carbocycles. The van der Waals surface area contributed by atoms with Gasteiger partial charge in [0.2, 0.25) is 0 Å². The van der Waals surface area contributed by atoms with E-state index in [0.29, 0.717) is 0 Å². The molecule has 0 unspecified atom stereocenters. The maximum absolute atomic E-state index is 11.8. The van der Waals surface area contributed by atoms with Gasteiger partial charge in [-0.3, -0.25) is 0 Å². The van der Waals surface area contributed by atoms with E-state index < -0.39 is 11.6 Å². The maximum atomic E-state index is 11.8. The molecule has 42 valence electrons. The lowest BCUT2D eigenvalue weighted by Crippen LogP contribution is -1.94. The molecule has 0 saturated heterocycles. The summed E-state index contributed by atoms with van der Waals surface area (Å²) in [6.07, 6.45) is 0. The third-order valence-electron chi connectivity index (χ3n) is 0.658. The number of hydrogen-bond donors (Lipinski definition) is 0. The average molecular weight is 114 g/mol. The highest BCUT2D eigenvalue weighted by atomic mass is 19.1. The summed E-state index contributed by atoms with van der Waals surface area (Å²) in [4.78, 5) is 10.1. The number of halogens is 1. The molecule has 0 spiro atoms. The SMILES string of the molecule is O=c1cccc(F)o1. The first-order chi connectivity index (χ1) is 3.79. The van der Waals surface area contributed by atoms with Crippen LogP contribution in [0.3, 0.4) is 0 Å². The minimum atomic E-state index is -0.850. The Morgan fingerprint density at radius 2 is 2.25 bits per heavy atom. The molecule has 0 bridgehead atoms. The molecule has 1 aromatic heterocycles. The fourth-order valence-corrected chi connectivity index (χ4v) is 0.366. The summed E-state index contributed by atoms with van der Waals surface area (Å²) < 4.78 is 15.8. The predicted molar refractivity (Wildman–Crippen MR) is 24.9 cm³/mol. The molecule has 2 nitrogen and oxygen atoms in total. The van der Waals surface area contributed by atoms with Crippen molar-refractivity contribution in [3.05, 3.63) is 34.6 Å². The largest absolute Gasteiger partial charge is 0.395 e. The Balaban J connectivity index is 3.28. The lowest BCUT2D eigenvalue weighted by molar-refractivity contribution is 0.325. The van der Waals surface area contributed by atoms with Crippen LogP contribution in [0.15, 0.2) is 27.4 Å². The molecule has 1 rings (SSSR count). The Labute approximate surface area is 44.6 Å². The fraction of sp³-hybridized carbons (Fsp3) is 0. The van der Waals surface area contributed by atoms with E-state index in [0.717, 1.165) is 12.1 Å². The van der Waals surface area contributed by atoms with Crippen LogP contribution in [0.2, 0.25) is 0 Å². The van der Waals surface area contributed by atoms with Gasteiger partial charge in [0.25, 0.3) is 6.01 Å². The van der Waals surface area contributed by atoms with Gasteiger partial charge in [-0.25, -0.2) is 4.79 Å². The van der Waals surface area contributed by atoms with E-state index in [1.54, 1.807) is 0 Å². The smallest absolute Gasteiger partial charge is 0.338 e. The molecule has 8 heavy (non-hydrogen) atoms. The molecular formula is C5H3FO2.